The lowest BCUT2D eigenvalue weighted by Crippen LogP contribution is -2.15. The minimum absolute atomic E-state index is 0.107. The summed E-state index contributed by atoms with van der Waals surface area (Å²) < 4.78 is 0. The van der Waals surface area contributed by atoms with Crippen LogP contribution in [0.3, 0.4) is 0 Å². The summed E-state index contributed by atoms with van der Waals surface area (Å²) in [4.78, 5) is 5.11. The summed E-state index contributed by atoms with van der Waals surface area (Å²) in [7, 11) is 0. The van der Waals surface area contributed by atoms with Crippen molar-refractivity contribution in [2.75, 3.05) is 9.80 Å². The Kier molecular flexibility index (Phi) is 13.4. The van der Waals surface area contributed by atoms with Crippen LogP contribution in [0.5, 0.6) is 0 Å². The van der Waals surface area contributed by atoms with E-state index in [0.29, 0.717) is 5.92 Å². The molecule has 0 spiro atoms. The number of benzene rings is 10. The summed E-state index contributed by atoms with van der Waals surface area (Å²) in [5, 5.41) is 9.89. The molecule has 10 rings (SSSR count). The van der Waals surface area contributed by atoms with E-state index < -0.39 is 0 Å². The molecule has 0 amide bonds. The Hall–Kier alpha value is -7.16. The highest BCUT2D eigenvalue weighted by Gasteiger charge is 2.31. The fourth-order valence-electron chi connectivity index (χ4n) is 11.4. The van der Waals surface area contributed by atoms with Gasteiger partial charge in [-0.1, -0.05) is 199 Å². The first-order valence-corrected chi connectivity index (χ1v) is 28.2. The van der Waals surface area contributed by atoms with Crippen LogP contribution in [0.4, 0.5) is 34.1 Å². The van der Waals surface area contributed by atoms with Crippen LogP contribution in [0, 0.1) is 27.7 Å². The van der Waals surface area contributed by atoms with Gasteiger partial charge in [-0.2, -0.15) is 0 Å². The van der Waals surface area contributed by atoms with Gasteiger partial charge in [-0.05, 0) is 200 Å². The molecule has 0 aromatic heterocycles. The fourth-order valence-corrected chi connectivity index (χ4v) is 11.4. The lowest BCUT2D eigenvalue weighted by molar-refractivity contribution is 0.590. The van der Waals surface area contributed by atoms with E-state index in [0.717, 1.165) is 22.7 Å². The molecule has 0 N–H and O–H groups in total. The average Bonchev–Trinajstić information content (AvgIpc) is 3.50. The van der Waals surface area contributed by atoms with Gasteiger partial charge in [-0.15, -0.1) is 0 Å². The van der Waals surface area contributed by atoms with Crippen LogP contribution < -0.4 is 9.80 Å². The normalized spacial score (nSPS) is 12.7. The molecule has 0 atom stereocenters. The molecule has 0 unspecified atom stereocenters. The summed E-state index contributed by atoms with van der Waals surface area (Å²) in [6.07, 6.45) is 0. The van der Waals surface area contributed by atoms with Gasteiger partial charge in [0, 0.05) is 44.3 Å². The molecule has 0 radical (unpaired) electrons. The van der Waals surface area contributed by atoms with Crippen LogP contribution in [0.15, 0.2) is 164 Å². The number of rotatable bonds is 8. The van der Waals surface area contributed by atoms with Crippen molar-refractivity contribution in [3.63, 3.8) is 0 Å². The summed E-state index contributed by atoms with van der Waals surface area (Å²) in [5.74, 6) is 0.419. The third-order valence-electron chi connectivity index (χ3n) is 16.5. The molecule has 77 heavy (non-hydrogen) atoms. The zero-order chi connectivity index (χ0) is 55.3. The zero-order valence-electron chi connectivity index (χ0n) is 49.6. The van der Waals surface area contributed by atoms with Crippen molar-refractivity contribution in [1.82, 2.24) is 0 Å². The minimum atomic E-state index is -0.115. The van der Waals surface area contributed by atoms with Crippen LogP contribution in [0.1, 0.15) is 153 Å². The number of aryl methyl sites for hydroxylation is 4. The molecule has 10 aromatic rings. The monoisotopic (exact) mass is 1010 g/mol. The van der Waals surface area contributed by atoms with Gasteiger partial charge in [0.1, 0.15) is 0 Å². The molecule has 10 aromatic carbocycles. The van der Waals surface area contributed by atoms with Crippen molar-refractivity contribution >= 4 is 77.2 Å². The molecule has 0 aliphatic rings. The Labute approximate surface area is 461 Å². The Bertz CT molecular complexity index is 3880. The smallest absolute Gasteiger partial charge is 0.0618 e. The summed E-state index contributed by atoms with van der Waals surface area (Å²) in [6, 6.07) is 64.3. The highest BCUT2D eigenvalue weighted by Crippen LogP contribution is 2.55. The van der Waals surface area contributed by atoms with E-state index in [-0.39, 0.29) is 21.7 Å². The third kappa shape index (κ3) is 9.95. The first kappa shape index (κ1) is 53.2. The molecule has 0 saturated heterocycles. The van der Waals surface area contributed by atoms with Crippen molar-refractivity contribution in [2.45, 2.75) is 152 Å². The number of hydrogen-bond acceptors (Lipinski definition) is 2. The van der Waals surface area contributed by atoms with Crippen molar-refractivity contribution in [2.24, 2.45) is 0 Å². The fraction of sp³-hybridized carbons (Fsp3) is 0.307. The molecular weight excluding hydrogens is 929 g/mol. The lowest BCUT2D eigenvalue weighted by Gasteiger charge is -2.33. The summed E-state index contributed by atoms with van der Waals surface area (Å²) in [5.41, 5.74) is 20.6. The number of anilines is 6. The largest absolute Gasteiger partial charge is 0.309 e. The highest BCUT2D eigenvalue weighted by molar-refractivity contribution is 6.31. The average molecular weight is 1010 g/mol. The van der Waals surface area contributed by atoms with Gasteiger partial charge >= 0.3 is 0 Å². The van der Waals surface area contributed by atoms with Gasteiger partial charge in [0.05, 0.1) is 11.4 Å². The van der Waals surface area contributed by atoms with Crippen molar-refractivity contribution in [3.8, 4) is 11.1 Å². The number of fused-ring (bicyclic) bond motifs is 4. The summed E-state index contributed by atoms with van der Waals surface area (Å²) in [6.45, 7) is 41.6. The molecule has 0 aliphatic heterocycles. The maximum Gasteiger partial charge on any atom is 0.0618 e. The van der Waals surface area contributed by atoms with Crippen molar-refractivity contribution in [1.29, 1.82) is 0 Å². The van der Waals surface area contributed by atoms with E-state index in [2.05, 4.69) is 298 Å². The van der Waals surface area contributed by atoms with E-state index in [9.17, 15) is 0 Å². The standard InChI is InChI=1S/C75H82N2/c1-46(2)51-24-35-58(36-25-51)76(56-30-19-47(3)20-31-56)70-62-39-28-52(72(7,8)9)42-64(62)68(60-37-26-54(44-66(60)70)74(13,14)15)69-61-38-27-55(75(16,17)18)45-67(61)71(63-40-29-53(43-65(63)69)73(10,11)12)77(57-32-21-48(4)22-33-57)59-34-23-49(5)50(6)41-59/h19-46H,1-18H3. The van der Waals surface area contributed by atoms with Crippen LogP contribution >= 0.6 is 0 Å². The first-order chi connectivity index (χ1) is 36.2. The van der Waals surface area contributed by atoms with Crippen LogP contribution in [0.25, 0.3) is 54.2 Å². The maximum atomic E-state index is 2.56. The number of nitrogens with zero attached hydrogens (tertiary/aromatic N) is 2. The van der Waals surface area contributed by atoms with Crippen LogP contribution in [-0.4, -0.2) is 0 Å². The molecular formula is C75H82N2. The SMILES string of the molecule is Cc1ccc(N(c2ccc(C(C)C)cc2)c2c3ccc(C(C)(C)C)cc3c(-c3c4cc(C(C)(C)C)ccc4c(N(c4ccc(C)cc4)c4ccc(C)c(C)c4)c4cc(C(C)(C)C)ccc34)c3ccc(C(C)(C)C)cc23)cc1. The van der Waals surface area contributed by atoms with Crippen LogP contribution in [-0.2, 0) is 21.7 Å². The van der Waals surface area contributed by atoms with E-state index in [1.165, 1.54) is 116 Å². The van der Waals surface area contributed by atoms with Crippen molar-refractivity contribution in [3.05, 3.63) is 214 Å². The molecule has 0 bridgehead atoms. The second-order valence-corrected chi connectivity index (χ2v) is 26.8. The predicted molar refractivity (Wildman–Crippen MR) is 339 cm³/mol. The molecule has 0 saturated carbocycles. The second kappa shape index (κ2) is 19.4. The maximum absolute atomic E-state index is 2.56. The summed E-state index contributed by atoms with van der Waals surface area (Å²) >= 11 is 0. The Morgan fingerprint density at radius 1 is 0.286 bits per heavy atom. The molecule has 0 heterocycles. The van der Waals surface area contributed by atoms with Gasteiger partial charge < -0.3 is 9.80 Å². The van der Waals surface area contributed by atoms with Gasteiger partial charge in [0.25, 0.3) is 0 Å². The third-order valence-corrected chi connectivity index (χ3v) is 16.5. The van der Waals surface area contributed by atoms with Gasteiger partial charge in [0.2, 0.25) is 0 Å². The lowest BCUT2D eigenvalue weighted by atomic mass is 9.78. The van der Waals surface area contributed by atoms with E-state index >= 15 is 0 Å². The van der Waals surface area contributed by atoms with Gasteiger partial charge in [0.15, 0.2) is 0 Å². The Morgan fingerprint density at radius 2 is 0.597 bits per heavy atom. The zero-order valence-corrected chi connectivity index (χ0v) is 49.6. The van der Waals surface area contributed by atoms with Crippen LogP contribution in [0.2, 0.25) is 0 Å². The van der Waals surface area contributed by atoms with E-state index in [4.69, 9.17) is 0 Å². The Balaban J connectivity index is 1.48. The molecule has 0 fully saturated rings. The van der Waals surface area contributed by atoms with Gasteiger partial charge in [-0.25, -0.2) is 0 Å². The molecule has 392 valence electrons. The van der Waals surface area contributed by atoms with Gasteiger partial charge in [-0.3, -0.25) is 0 Å². The highest BCUT2D eigenvalue weighted by atomic mass is 15.2. The number of hydrogen-bond donors (Lipinski definition) is 0. The van der Waals surface area contributed by atoms with E-state index in [1.807, 2.05) is 0 Å². The van der Waals surface area contributed by atoms with E-state index in [1.54, 1.807) is 0 Å². The minimum Gasteiger partial charge on any atom is -0.309 e. The predicted octanol–water partition coefficient (Wildman–Crippen LogP) is 22.5. The topological polar surface area (TPSA) is 6.48 Å². The quantitative estimate of drug-likeness (QED) is 0.140. The van der Waals surface area contributed by atoms with Crippen molar-refractivity contribution < 1.29 is 0 Å². The Morgan fingerprint density at radius 3 is 0.935 bits per heavy atom. The second-order valence-electron chi connectivity index (χ2n) is 26.8. The molecule has 2 nitrogen and oxygen atoms in total. The first-order valence-electron chi connectivity index (χ1n) is 28.2. The molecule has 0 aliphatic carbocycles. The molecule has 2 heteroatoms.